The molecule has 4 rings (SSSR count). The number of carbonyl (C=O) groups excluding carboxylic acids is 3. The second kappa shape index (κ2) is 7.85. The van der Waals surface area contributed by atoms with Crippen molar-refractivity contribution in [2.75, 3.05) is 25.6 Å². The third-order valence-corrected chi connectivity index (χ3v) is 5.28. The van der Waals surface area contributed by atoms with Crippen molar-refractivity contribution in [3.05, 3.63) is 58.1 Å². The molecule has 1 atom stereocenters. The van der Waals surface area contributed by atoms with Crippen molar-refractivity contribution in [1.29, 1.82) is 0 Å². The summed E-state index contributed by atoms with van der Waals surface area (Å²) in [6.07, 6.45) is 1.64. The molecule has 2 aliphatic heterocycles. The van der Waals surface area contributed by atoms with Gasteiger partial charge in [-0.1, -0.05) is 11.6 Å². The number of nitrogens with one attached hydrogen (secondary N) is 1. The molecule has 7 nitrogen and oxygen atoms in total. The maximum absolute atomic E-state index is 12.7. The van der Waals surface area contributed by atoms with Gasteiger partial charge in [0.05, 0.1) is 36.4 Å². The number of fused-ring (bicyclic) bond motifs is 1. The fourth-order valence-corrected chi connectivity index (χ4v) is 3.75. The van der Waals surface area contributed by atoms with Gasteiger partial charge in [0.15, 0.2) is 0 Å². The van der Waals surface area contributed by atoms with E-state index in [0.29, 0.717) is 28.6 Å². The lowest BCUT2D eigenvalue weighted by Crippen LogP contribution is -2.36. The molecular formula is C21H19ClN2O5. The first-order chi connectivity index (χ1) is 14.0. The van der Waals surface area contributed by atoms with Crippen LogP contribution in [0, 0.1) is 0 Å². The van der Waals surface area contributed by atoms with Crippen LogP contribution in [0.4, 0.5) is 5.69 Å². The topological polar surface area (TPSA) is 84.9 Å². The van der Waals surface area contributed by atoms with Crippen LogP contribution >= 0.6 is 11.6 Å². The molecule has 0 saturated carbocycles. The van der Waals surface area contributed by atoms with E-state index in [1.807, 2.05) is 0 Å². The van der Waals surface area contributed by atoms with Gasteiger partial charge >= 0.3 is 0 Å². The molecule has 3 amide bonds. The van der Waals surface area contributed by atoms with Gasteiger partial charge in [0.1, 0.15) is 5.75 Å². The maximum atomic E-state index is 12.7. The number of hydrogen-bond acceptors (Lipinski definition) is 5. The van der Waals surface area contributed by atoms with Crippen molar-refractivity contribution in [2.24, 2.45) is 0 Å². The van der Waals surface area contributed by atoms with E-state index >= 15 is 0 Å². The Hall–Kier alpha value is -2.90. The molecule has 8 heteroatoms. The lowest BCUT2D eigenvalue weighted by atomic mass is 10.1. The van der Waals surface area contributed by atoms with E-state index in [4.69, 9.17) is 21.1 Å². The van der Waals surface area contributed by atoms with E-state index in [1.165, 1.54) is 24.1 Å². The van der Waals surface area contributed by atoms with Crippen LogP contribution in [0.5, 0.6) is 5.75 Å². The molecule has 0 spiro atoms. The quantitative estimate of drug-likeness (QED) is 0.758. The number of benzene rings is 2. The van der Waals surface area contributed by atoms with Crippen LogP contribution < -0.4 is 10.1 Å². The Kier molecular flexibility index (Phi) is 5.25. The molecule has 0 aliphatic carbocycles. The van der Waals surface area contributed by atoms with E-state index in [9.17, 15) is 14.4 Å². The van der Waals surface area contributed by atoms with Crippen LogP contribution in [-0.4, -0.2) is 49.0 Å². The summed E-state index contributed by atoms with van der Waals surface area (Å²) in [6.45, 7) is 0.894. The molecule has 29 heavy (non-hydrogen) atoms. The van der Waals surface area contributed by atoms with Crippen LogP contribution in [0.1, 0.15) is 43.9 Å². The lowest BCUT2D eigenvalue weighted by Gasteiger charge is -2.17. The first-order valence-electron chi connectivity index (χ1n) is 9.24. The third-order valence-electron chi connectivity index (χ3n) is 5.04. The van der Waals surface area contributed by atoms with E-state index in [2.05, 4.69) is 5.32 Å². The molecule has 0 bridgehead atoms. The van der Waals surface area contributed by atoms with Crippen LogP contribution in [0.15, 0.2) is 36.4 Å². The molecule has 0 aromatic heterocycles. The minimum Gasteiger partial charge on any atom is -0.496 e. The number of nitrogens with zero attached hydrogens (tertiary/aromatic N) is 1. The Morgan fingerprint density at radius 2 is 2.00 bits per heavy atom. The summed E-state index contributed by atoms with van der Waals surface area (Å²) in [4.78, 5) is 39.2. The van der Waals surface area contributed by atoms with Crippen molar-refractivity contribution < 1.29 is 23.9 Å². The average Bonchev–Trinajstić information content (AvgIpc) is 3.31. The fraction of sp³-hybridized carbons (Fsp3) is 0.286. The third kappa shape index (κ3) is 3.71. The number of ether oxygens (including phenoxy) is 2. The number of rotatable bonds is 5. The first-order valence-corrected chi connectivity index (χ1v) is 9.62. The molecule has 2 heterocycles. The Bertz CT molecular complexity index is 1000. The molecule has 1 saturated heterocycles. The van der Waals surface area contributed by atoms with Gasteiger partial charge in [-0.25, -0.2) is 0 Å². The van der Waals surface area contributed by atoms with Crippen LogP contribution in [-0.2, 0) is 4.74 Å². The minimum absolute atomic E-state index is 0.119. The Balaban J connectivity index is 1.55. The highest BCUT2D eigenvalue weighted by Crippen LogP contribution is 2.29. The normalized spacial score (nSPS) is 18.1. The molecule has 150 valence electrons. The molecule has 2 aromatic carbocycles. The summed E-state index contributed by atoms with van der Waals surface area (Å²) in [7, 11) is 1.46. The SMILES string of the molecule is COc1ccc(Cl)cc1C(=O)Nc1ccc2c(c1)C(=O)N(CC1CCCO1)C2=O. The number of amides is 3. The summed E-state index contributed by atoms with van der Waals surface area (Å²) >= 11 is 5.99. The van der Waals surface area contributed by atoms with E-state index in [1.54, 1.807) is 24.3 Å². The van der Waals surface area contributed by atoms with Crippen molar-refractivity contribution in [2.45, 2.75) is 18.9 Å². The summed E-state index contributed by atoms with van der Waals surface area (Å²) in [5.74, 6) is -0.772. The van der Waals surface area contributed by atoms with E-state index < -0.39 is 5.91 Å². The summed E-state index contributed by atoms with van der Waals surface area (Å²) in [5, 5.41) is 3.13. The predicted molar refractivity (Wildman–Crippen MR) is 107 cm³/mol. The second-order valence-corrected chi connectivity index (χ2v) is 7.35. The highest BCUT2D eigenvalue weighted by atomic mass is 35.5. The Morgan fingerprint density at radius 1 is 1.21 bits per heavy atom. The highest BCUT2D eigenvalue weighted by molar-refractivity contribution is 6.31. The van der Waals surface area contributed by atoms with Gasteiger partial charge in [0, 0.05) is 17.3 Å². The second-order valence-electron chi connectivity index (χ2n) is 6.92. The van der Waals surface area contributed by atoms with Crippen LogP contribution in [0.3, 0.4) is 0 Å². The molecule has 0 radical (unpaired) electrons. The zero-order chi connectivity index (χ0) is 20.5. The number of carbonyl (C=O) groups is 3. The van der Waals surface area contributed by atoms with Crippen LogP contribution in [0.25, 0.3) is 0 Å². The zero-order valence-corrected chi connectivity index (χ0v) is 16.5. The number of imide groups is 1. The molecular weight excluding hydrogens is 396 g/mol. The average molecular weight is 415 g/mol. The summed E-state index contributed by atoms with van der Waals surface area (Å²) < 4.78 is 10.7. The number of methoxy groups -OCH3 is 1. The van der Waals surface area contributed by atoms with Gasteiger partial charge in [0.2, 0.25) is 0 Å². The van der Waals surface area contributed by atoms with Crippen LogP contribution in [0.2, 0.25) is 5.02 Å². The molecule has 1 N–H and O–H groups in total. The van der Waals surface area contributed by atoms with Crippen molar-refractivity contribution >= 4 is 35.0 Å². The lowest BCUT2D eigenvalue weighted by molar-refractivity contribution is 0.0475. The predicted octanol–water partition coefficient (Wildman–Crippen LogP) is 3.38. The van der Waals surface area contributed by atoms with Gasteiger partial charge in [-0.3, -0.25) is 19.3 Å². The largest absolute Gasteiger partial charge is 0.496 e. The van der Waals surface area contributed by atoms with Gasteiger partial charge in [-0.05, 0) is 49.2 Å². The Labute approximate surface area is 172 Å². The minimum atomic E-state index is -0.433. The smallest absolute Gasteiger partial charge is 0.261 e. The van der Waals surface area contributed by atoms with Crippen molar-refractivity contribution in [1.82, 2.24) is 4.90 Å². The van der Waals surface area contributed by atoms with Gasteiger partial charge < -0.3 is 14.8 Å². The maximum Gasteiger partial charge on any atom is 0.261 e. The van der Waals surface area contributed by atoms with Gasteiger partial charge in [-0.15, -0.1) is 0 Å². The zero-order valence-electron chi connectivity index (χ0n) is 15.7. The monoisotopic (exact) mass is 414 g/mol. The number of hydrogen-bond donors (Lipinski definition) is 1. The summed E-state index contributed by atoms with van der Waals surface area (Å²) in [6, 6.07) is 9.39. The summed E-state index contributed by atoms with van der Waals surface area (Å²) in [5.41, 5.74) is 1.26. The van der Waals surface area contributed by atoms with Crippen molar-refractivity contribution in [3.8, 4) is 5.75 Å². The molecule has 1 unspecified atom stereocenters. The van der Waals surface area contributed by atoms with Gasteiger partial charge in [0.25, 0.3) is 17.7 Å². The molecule has 2 aromatic rings. The fourth-order valence-electron chi connectivity index (χ4n) is 3.58. The first kappa shape index (κ1) is 19.4. The standard InChI is InChI=1S/C21H19ClN2O5/c1-28-18-7-4-12(22)9-17(18)19(25)23-13-5-6-15-16(10-13)21(27)24(20(15)26)11-14-3-2-8-29-14/h4-7,9-10,14H,2-3,8,11H2,1H3,(H,23,25). The number of halogens is 1. The number of anilines is 1. The van der Waals surface area contributed by atoms with E-state index in [-0.39, 0.29) is 35.6 Å². The molecule has 2 aliphatic rings. The highest BCUT2D eigenvalue weighted by Gasteiger charge is 2.37. The molecule has 1 fully saturated rings. The Morgan fingerprint density at radius 3 is 2.72 bits per heavy atom. The van der Waals surface area contributed by atoms with Crippen molar-refractivity contribution in [3.63, 3.8) is 0 Å². The van der Waals surface area contributed by atoms with E-state index in [0.717, 1.165) is 12.8 Å². The van der Waals surface area contributed by atoms with Gasteiger partial charge in [-0.2, -0.15) is 0 Å².